The number of rotatable bonds is 15. The van der Waals surface area contributed by atoms with Crippen molar-refractivity contribution in [2.75, 3.05) is 32.7 Å². The van der Waals surface area contributed by atoms with Gasteiger partial charge in [-0.25, -0.2) is 0 Å². The predicted molar refractivity (Wildman–Crippen MR) is 118 cm³/mol. The van der Waals surface area contributed by atoms with Gasteiger partial charge < -0.3 is 29.7 Å². The van der Waals surface area contributed by atoms with Crippen LogP contribution >= 0.6 is 12.2 Å². The second-order valence-electron chi connectivity index (χ2n) is 7.69. The van der Waals surface area contributed by atoms with Crippen molar-refractivity contribution in [3.05, 3.63) is 0 Å². The van der Waals surface area contributed by atoms with Gasteiger partial charge in [-0.05, 0) is 13.0 Å². The molecule has 1 rings (SSSR count). The SMILES string of the molecule is CCCCCCCCCCCCCCCCN1CCN(C(=S)[S-])CC1.[Na+]. The predicted octanol–water partition coefficient (Wildman–Crippen LogP) is 2.92. The quantitative estimate of drug-likeness (QED) is 0.178. The minimum atomic E-state index is 0. The van der Waals surface area contributed by atoms with Gasteiger partial charge in [0.2, 0.25) is 0 Å². The van der Waals surface area contributed by atoms with E-state index in [1.54, 1.807) is 0 Å². The Bertz CT molecular complexity index is 321. The molecule has 1 heterocycles. The molecule has 0 radical (unpaired) electrons. The van der Waals surface area contributed by atoms with E-state index in [4.69, 9.17) is 24.8 Å². The van der Waals surface area contributed by atoms with Crippen LogP contribution in [0.1, 0.15) is 96.8 Å². The maximum Gasteiger partial charge on any atom is 1.00 e. The minimum Gasteiger partial charge on any atom is -0.411 e. The number of nitrogens with zero attached hydrogens (tertiary/aromatic N) is 2. The molecule has 0 aromatic carbocycles. The van der Waals surface area contributed by atoms with Crippen LogP contribution in [0, 0.1) is 0 Å². The van der Waals surface area contributed by atoms with E-state index in [9.17, 15) is 0 Å². The summed E-state index contributed by atoms with van der Waals surface area (Å²) in [7, 11) is 0. The first kappa shape index (κ1) is 27.1. The second kappa shape index (κ2) is 19.4. The summed E-state index contributed by atoms with van der Waals surface area (Å²) in [6.45, 7) is 7.88. The van der Waals surface area contributed by atoms with E-state index in [0.29, 0.717) is 4.32 Å². The van der Waals surface area contributed by atoms with Crippen molar-refractivity contribution in [3.63, 3.8) is 0 Å². The Morgan fingerprint density at radius 2 is 1.08 bits per heavy atom. The summed E-state index contributed by atoms with van der Waals surface area (Å²) in [5.74, 6) is 0. The summed E-state index contributed by atoms with van der Waals surface area (Å²) < 4.78 is 0.649. The Morgan fingerprint density at radius 1 is 0.692 bits per heavy atom. The Kier molecular flexibility index (Phi) is 20.2. The molecule has 0 bridgehead atoms. The molecule has 2 nitrogen and oxygen atoms in total. The van der Waals surface area contributed by atoms with Crippen molar-refractivity contribution in [2.45, 2.75) is 96.8 Å². The molecule has 0 saturated carbocycles. The monoisotopic (exact) mass is 408 g/mol. The van der Waals surface area contributed by atoms with Crippen LogP contribution < -0.4 is 29.6 Å². The number of hydrogen-bond donors (Lipinski definition) is 0. The molecule has 0 aromatic rings. The Hall–Kier alpha value is 1.07. The maximum absolute atomic E-state index is 5.08. The van der Waals surface area contributed by atoms with Crippen molar-refractivity contribution in [3.8, 4) is 0 Å². The number of thiocarbonyl (C=S) groups is 1. The van der Waals surface area contributed by atoms with Gasteiger partial charge in [-0.15, -0.1) is 0 Å². The average molecular weight is 409 g/mol. The smallest absolute Gasteiger partial charge is 0.411 e. The third-order valence-corrected chi connectivity index (χ3v) is 5.97. The largest absolute Gasteiger partial charge is 1.00 e. The van der Waals surface area contributed by atoms with Crippen molar-refractivity contribution in [2.24, 2.45) is 0 Å². The van der Waals surface area contributed by atoms with E-state index in [0.717, 1.165) is 26.2 Å². The molecule has 1 aliphatic heterocycles. The van der Waals surface area contributed by atoms with Crippen molar-refractivity contribution >= 4 is 29.2 Å². The van der Waals surface area contributed by atoms with Gasteiger partial charge in [0.25, 0.3) is 0 Å². The van der Waals surface area contributed by atoms with Gasteiger partial charge in [-0.1, -0.05) is 94.7 Å². The standard InChI is InChI=1S/C21H42N2S2.Na/c1-2-3-4-5-6-7-8-9-10-11-12-13-14-15-16-22-17-19-23(20-18-22)21(24)25;/h2-20H2,1H3,(H,24,25);/q;+1/p-1. The van der Waals surface area contributed by atoms with Crippen molar-refractivity contribution < 1.29 is 29.6 Å². The van der Waals surface area contributed by atoms with Gasteiger partial charge in [-0.3, -0.25) is 4.90 Å². The normalized spacial score (nSPS) is 15.0. The first-order chi connectivity index (χ1) is 12.2. The number of piperazine rings is 1. The molecular weight excluding hydrogens is 367 g/mol. The molecule has 0 amide bonds. The molecule has 0 spiro atoms. The van der Waals surface area contributed by atoms with Gasteiger partial charge >= 0.3 is 29.6 Å². The van der Waals surface area contributed by atoms with Crippen LogP contribution in [0.3, 0.4) is 0 Å². The zero-order chi connectivity index (χ0) is 18.2. The zero-order valence-corrected chi connectivity index (χ0v) is 21.3. The summed E-state index contributed by atoms with van der Waals surface area (Å²) >= 11 is 10.2. The van der Waals surface area contributed by atoms with Gasteiger partial charge in [0.15, 0.2) is 0 Å². The van der Waals surface area contributed by atoms with Crippen LogP contribution in [0.2, 0.25) is 0 Å². The van der Waals surface area contributed by atoms with Crippen LogP contribution in [0.25, 0.3) is 0 Å². The molecule has 5 heteroatoms. The molecule has 1 fully saturated rings. The Balaban J connectivity index is 0.00000625. The zero-order valence-electron chi connectivity index (χ0n) is 17.6. The molecule has 148 valence electrons. The van der Waals surface area contributed by atoms with E-state index in [2.05, 4.69) is 16.7 Å². The van der Waals surface area contributed by atoms with Crippen LogP contribution in [-0.4, -0.2) is 46.8 Å². The fourth-order valence-corrected chi connectivity index (χ4v) is 4.05. The molecule has 1 saturated heterocycles. The molecule has 1 aliphatic rings. The fraction of sp³-hybridized carbons (Fsp3) is 0.952. The van der Waals surface area contributed by atoms with Gasteiger partial charge in [0.05, 0.1) is 0 Å². The number of unbranched alkanes of at least 4 members (excludes halogenated alkanes) is 13. The molecule has 0 unspecified atom stereocenters. The summed E-state index contributed by atoms with van der Waals surface area (Å²) in [5.41, 5.74) is 0. The third kappa shape index (κ3) is 15.0. The molecule has 0 aliphatic carbocycles. The minimum absolute atomic E-state index is 0. The first-order valence-corrected chi connectivity index (χ1v) is 11.7. The van der Waals surface area contributed by atoms with Gasteiger partial charge in [0.1, 0.15) is 0 Å². The van der Waals surface area contributed by atoms with Gasteiger partial charge in [-0.2, -0.15) is 0 Å². The summed E-state index contributed by atoms with van der Waals surface area (Å²) in [5, 5.41) is 0. The topological polar surface area (TPSA) is 6.48 Å². The Labute approximate surface area is 196 Å². The van der Waals surface area contributed by atoms with Crippen LogP contribution in [0.5, 0.6) is 0 Å². The van der Waals surface area contributed by atoms with E-state index >= 15 is 0 Å². The third-order valence-electron chi connectivity index (χ3n) is 5.46. The van der Waals surface area contributed by atoms with Gasteiger partial charge in [0, 0.05) is 26.2 Å². The van der Waals surface area contributed by atoms with Crippen molar-refractivity contribution in [1.29, 1.82) is 0 Å². The first-order valence-electron chi connectivity index (χ1n) is 10.9. The van der Waals surface area contributed by atoms with Crippen LogP contribution in [0.4, 0.5) is 0 Å². The molecule has 26 heavy (non-hydrogen) atoms. The molecule has 0 aromatic heterocycles. The Morgan fingerprint density at radius 3 is 1.46 bits per heavy atom. The van der Waals surface area contributed by atoms with Crippen molar-refractivity contribution in [1.82, 2.24) is 9.80 Å². The molecule has 0 N–H and O–H groups in total. The summed E-state index contributed by atoms with van der Waals surface area (Å²) in [4.78, 5) is 4.73. The van der Waals surface area contributed by atoms with E-state index in [-0.39, 0.29) is 29.6 Å². The average Bonchev–Trinajstić information content (AvgIpc) is 2.62. The molecule has 0 atom stereocenters. The van der Waals surface area contributed by atoms with Crippen LogP contribution in [-0.2, 0) is 12.6 Å². The number of hydrogen-bond acceptors (Lipinski definition) is 3. The summed E-state index contributed by atoms with van der Waals surface area (Å²) in [6, 6.07) is 0. The fourth-order valence-electron chi connectivity index (χ4n) is 3.68. The second-order valence-corrected chi connectivity index (χ2v) is 8.72. The molecular formula is C21H41N2NaS2. The van der Waals surface area contributed by atoms with E-state index in [1.165, 1.54) is 96.4 Å². The van der Waals surface area contributed by atoms with E-state index in [1.807, 2.05) is 0 Å². The maximum atomic E-state index is 5.08. The van der Waals surface area contributed by atoms with E-state index < -0.39 is 0 Å². The van der Waals surface area contributed by atoms with Crippen LogP contribution in [0.15, 0.2) is 0 Å². The summed E-state index contributed by atoms with van der Waals surface area (Å²) in [6.07, 6.45) is 20.1.